The van der Waals surface area contributed by atoms with E-state index >= 15 is 0 Å². The Balaban J connectivity index is 1.55. The molecule has 29 heavy (non-hydrogen) atoms. The van der Waals surface area contributed by atoms with Gasteiger partial charge in [-0.15, -0.1) is 0 Å². The molecule has 5 heteroatoms. The van der Waals surface area contributed by atoms with Crippen molar-refractivity contribution in [1.29, 1.82) is 0 Å². The van der Waals surface area contributed by atoms with Crippen LogP contribution in [0.4, 0.5) is 0 Å². The van der Waals surface area contributed by atoms with Crippen LogP contribution in [0.1, 0.15) is 23.5 Å². The van der Waals surface area contributed by atoms with Gasteiger partial charge in [0, 0.05) is 35.6 Å². The van der Waals surface area contributed by atoms with Crippen LogP contribution in [0.2, 0.25) is 0 Å². The zero-order chi connectivity index (χ0) is 20.1. The number of sulfonamides is 1. The third-order valence-corrected chi connectivity index (χ3v) is 6.58. The van der Waals surface area contributed by atoms with Gasteiger partial charge in [0.25, 0.3) is 0 Å². The summed E-state index contributed by atoms with van der Waals surface area (Å²) in [4.78, 5) is 4.36. The molecule has 1 N–H and O–H groups in total. The predicted molar refractivity (Wildman–Crippen MR) is 116 cm³/mol. The zero-order valence-corrected chi connectivity index (χ0v) is 16.7. The minimum atomic E-state index is -3.62. The van der Waals surface area contributed by atoms with Gasteiger partial charge >= 0.3 is 0 Å². The van der Waals surface area contributed by atoms with Gasteiger partial charge in [-0.05, 0) is 29.7 Å². The van der Waals surface area contributed by atoms with Crippen LogP contribution in [0.25, 0.3) is 10.8 Å². The normalized spacial score (nSPS) is 11.8. The number of rotatable bonds is 7. The fourth-order valence-corrected chi connectivity index (χ4v) is 4.91. The fourth-order valence-electron chi connectivity index (χ4n) is 3.64. The molecule has 0 bridgehead atoms. The van der Waals surface area contributed by atoms with E-state index in [2.05, 4.69) is 34.0 Å². The summed E-state index contributed by atoms with van der Waals surface area (Å²) in [7, 11) is -3.62. The van der Waals surface area contributed by atoms with Gasteiger partial charge in [0.2, 0.25) is 10.0 Å². The molecule has 146 valence electrons. The Morgan fingerprint density at radius 3 is 2.10 bits per heavy atom. The molecule has 0 atom stereocenters. The number of benzene rings is 3. The van der Waals surface area contributed by atoms with Crippen LogP contribution >= 0.6 is 0 Å². The highest BCUT2D eigenvalue weighted by Gasteiger charge is 2.19. The van der Waals surface area contributed by atoms with E-state index in [4.69, 9.17) is 0 Å². The molecule has 0 fully saturated rings. The molecule has 0 aliphatic carbocycles. The van der Waals surface area contributed by atoms with Crippen LogP contribution in [0, 0.1) is 0 Å². The second-order valence-electron chi connectivity index (χ2n) is 6.91. The quantitative estimate of drug-likeness (QED) is 0.486. The van der Waals surface area contributed by atoms with Crippen LogP contribution in [0.3, 0.4) is 0 Å². The van der Waals surface area contributed by atoms with Crippen LogP contribution in [0.5, 0.6) is 0 Å². The molecule has 0 aliphatic rings. The number of nitrogens with one attached hydrogen (secondary N) is 1. The van der Waals surface area contributed by atoms with E-state index in [1.165, 1.54) is 11.1 Å². The molecule has 0 amide bonds. The Morgan fingerprint density at radius 2 is 1.45 bits per heavy atom. The van der Waals surface area contributed by atoms with E-state index in [9.17, 15) is 8.42 Å². The first-order valence-corrected chi connectivity index (χ1v) is 11.1. The lowest BCUT2D eigenvalue weighted by molar-refractivity contribution is 0.576. The van der Waals surface area contributed by atoms with Crippen LogP contribution in [-0.4, -0.2) is 19.9 Å². The topological polar surface area (TPSA) is 59.1 Å². The number of fused-ring (bicyclic) bond motifs is 1. The molecular formula is C24H22N2O2S. The van der Waals surface area contributed by atoms with E-state index in [0.29, 0.717) is 18.4 Å². The van der Waals surface area contributed by atoms with Gasteiger partial charge in [0.1, 0.15) is 0 Å². The van der Waals surface area contributed by atoms with Crippen molar-refractivity contribution in [2.45, 2.75) is 17.2 Å². The SMILES string of the molecule is O=S(=O)(NCCC(c1ccccc1)c1ccccc1)c1cccc2cnccc12. The van der Waals surface area contributed by atoms with E-state index in [-0.39, 0.29) is 10.8 Å². The van der Waals surface area contributed by atoms with Gasteiger partial charge in [-0.3, -0.25) is 4.98 Å². The molecule has 0 saturated heterocycles. The first kappa shape index (κ1) is 19.3. The van der Waals surface area contributed by atoms with Crippen molar-refractivity contribution in [3.05, 3.63) is 108 Å². The third-order valence-electron chi connectivity index (χ3n) is 5.06. The molecule has 1 aromatic heterocycles. The van der Waals surface area contributed by atoms with Gasteiger partial charge in [-0.25, -0.2) is 13.1 Å². The Labute approximate surface area is 171 Å². The number of nitrogens with zero attached hydrogens (tertiary/aromatic N) is 1. The molecule has 4 rings (SSSR count). The van der Waals surface area contributed by atoms with E-state index < -0.39 is 10.0 Å². The molecule has 4 aromatic rings. The number of pyridine rings is 1. The van der Waals surface area contributed by atoms with Crippen molar-refractivity contribution in [2.75, 3.05) is 6.54 Å². The summed E-state index contributed by atoms with van der Waals surface area (Å²) in [5.74, 6) is 0.122. The summed E-state index contributed by atoms with van der Waals surface area (Å²) in [6, 6.07) is 27.4. The average Bonchev–Trinajstić information content (AvgIpc) is 2.77. The summed E-state index contributed by atoms with van der Waals surface area (Å²) in [5.41, 5.74) is 2.35. The minimum absolute atomic E-state index is 0.122. The standard InChI is InChI=1S/C24H22N2O2S/c27-29(28,24-13-7-12-21-18-25-16-14-23(21)24)26-17-15-22(19-8-3-1-4-9-19)20-10-5-2-6-11-20/h1-14,16,18,22,26H,15,17H2. The fraction of sp³-hybridized carbons (Fsp3) is 0.125. The number of hydrogen-bond donors (Lipinski definition) is 1. The molecular weight excluding hydrogens is 380 g/mol. The van der Waals surface area contributed by atoms with Crippen molar-refractivity contribution in [1.82, 2.24) is 9.71 Å². The molecule has 0 unspecified atom stereocenters. The van der Waals surface area contributed by atoms with Crippen LogP contribution in [-0.2, 0) is 10.0 Å². The lowest BCUT2D eigenvalue weighted by atomic mass is 9.89. The van der Waals surface area contributed by atoms with Crippen molar-refractivity contribution >= 4 is 20.8 Å². The zero-order valence-electron chi connectivity index (χ0n) is 15.9. The van der Waals surface area contributed by atoms with Crippen molar-refractivity contribution < 1.29 is 8.42 Å². The summed E-state index contributed by atoms with van der Waals surface area (Å²) in [6.45, 7) is 0.345. The minimum Gasteiger partial charge on any atom is -0.264 e. The van der Waals surface area contributed by atoms with Crippen molar-refractivity contribution in [3.8, 4) is 0 Å². The Kier molecular flexibility index (Phi) is 5.69. The van der Waals surface area contributed by atoms with E-state index in [1.807, 2.05) is 42.5 Å². The van der Waals surface area contributed by atoms with Gasteiger partial charge in [0.15, 0.2) is 0 Å². The van der Waals surface area contributed by atoms with E-state index in [1.54, 1.807) is 30.6 Å². The van der Waals surface area contributed by atoms with Crippen LogP contribution in [0.15, 0.2) is 102 Å². The molecule has 0 saturated carbocycles. The second-order valence-corrected chi connectivity index (χ2v) is 8.65. The molecule has 1 heterocycles. The molecule has 0 aliphatic heterocycles. The summed E-state index contributed by atoms with van der Waals surface area (Å²) >= 11 is 0. The number of hydrogen-bond acceptors (Lipinski definition) is 3. The number of aromatic nitrogens is 1. The Bertz CT molecular complexity index is 1150. The maximum atomic E-state index is 13.0. The molecule has 0 radical (unpaired) electrons. The lowest BCUT2D eigenvalue weighted by Gasteiger charge is -2.18. The van der Waals surface area contributed by atoms with E-state index in [0.717, 1.165) is 5.39 Å². The Morgan fingerprint density at radius 1 is 0.793 bits per heavy atom. The molecule has 3 aromatic carbocycles. The van der Waals surface area contributed by atoms with Gasteiger partial charge in [-0.1, -0.05) is 72.8 Å². The second kappa shape index (κ2) is 8.55. The van der Waals surface area contributed by atoms with Crippen molar-refractivity contribution in [2.24, 2.45) is 0 Å². The van der Waals surface area contributed by atoms with Gasteiger partial charge < -0.3 is 0 Å². The summed E-state index contributed by atoms with van der Waals surface area (Å²) in [5, 5.41) is 1.49. The molecule has 0 spiro atoms. The van der Waals surface area contributed by atoms with Crippen LogP contribution < -0.4 is 4.72 Å². The predicted octanol–water partition coefficient (Wildman–Crippen LogP) is 4.74. The first-order valence-electron chi connectivity index (χ1n) is 9.57. The first-order chi connectivity index (χ1) is 14.1. The smallest absolute Gasteiger partial charge is 0.241 e. The lowest BCUT2D eigenvalue weighted by Crippen LogP contribution is -2.26. The maximum absolute atomic E-state index is 13.0. The third kappa shape index (κ3) is 4.36. The maximum Gasteiger partial charge on any atom is 0.241 e. The molecule has 4 nitrogen and oxygen atoms in total. The van der Waals surface area contributed by atoms with Gasteiger partial charge in [-0.2, -0.15) is 0 Å². The average molecular weight is 403 g/mol. The Hall–Kier alpha value is -3.02. The monoisotopic (exact) mass is 402 g/mol. The van der Waals surface area contributed by atoms with Crippen molar-refractivity contribution in [3.63, 3.8) is 0 Å². The highest BCUT2D eigenvalue weighted by molar-refractivity contribution is 7.89. The summed E-state index contributed by atoms with van der Waals surface area (Å²) in [6.07, 6.45) is 3.96. The summed E-state index contributed by atoms with van der Waals surface area (Å²) < 4.78 is 28.7. The highest BCUT2D eigenvalue weighted by Crippen LogP contribution is 2.28. The van der Waals surface area contributed by atoms with Gasteiger partial charge in [0.05, 0.1) is 4.90 Å². The highest BCUT2D eigenvalue weighted by atomic mass is 32.2. The largest absolute Gasteiger partial charge is 0.264 e.